The van der Waals surface area contributed by atoms with Crippen LogP contribution in [0, 0.1) is 0 Å². The number of hydrogen-bond acceptors (Lipinski definition) is 5. The van der Waals surface area contributed by atoms with Crippen molar-refractivity contribution in [2.24, 2.45) is 0 Å². The van der Waals surface area contributed by atoms with Crippen LogP contribution in [0.15, 0.2) is 43.0 Å². The van der Waals surface area contributed by atoms with Crippen LogP contribution in [0.25, 0.3) is 0 Å². The van der Waals surface area contributed by atoms with Gasteiger partial charge in [-0.3, -0.25) is 19.6 Å². The first-order chi connectivity index (χ1) is 13.0. The van der Waals surface area contributed by atoms with Crippen LogP contribution in [0.4, 0.5) is 5.69 Å². The molecule has 0 saturated carbocycles. The van der Waals surface area contributed by atoms with E-state index in [2.05, 4.69) is 14.9 Å². The lowest BCUT2D eigenvalue weighted by Gasteiger charge is -2.34. The molecule has 7 nitrogen and oxygen atoms in total. The van der Waals surface area contributed by atoms with Crippen LogP contribution in [0.1, 0.15) is 22.8 Å². The van der Waals surface area contributed by atoms with E-state index in [1.54, 1.807) is 41.5 Å². The monoisotopic (exact) mass is 367 g/mol. The molecule has 1 fully saturated rings. The summed E-state index contributed by atoms with van der Waals surface area (Å²) in [7, 11) is 2.00. The van der Waals surface area contributed by atoms with Gasteiger partial charge in [-0.2, -0.15) is 0 Å². The fraction of sp³-hybridized carbons (Fsp3) is 0.400. The van der Waals surface area contributed by atoms with Crippen molar-refractivity contribution in [3.05, 3.63) is 54.1 Å². The first-order valence-corrected chi connectivity index (χ1v) is 9.14. The number of amides is 2. The smallest absolute Gasteiger partial charge is 0.255 e. The number of pyridine rings is 2. The average Bonchev–Trinajstić information content (AvgIpc) is 2.72. The highest BCUT2D eigenvalue weighted by molar-refractivity contribution is 5.95. The summed E-state index contributed by atoms with van der Waals surface area (Å²) >= 11 is 0. The Labute approximate surface area is 159 Å². The van der Waals surface area contributed by atoms with Gasteiger partial charge in [-0.25, -0.2) is 0 Å². The molecule has 0 atom stereocenters. The number of nitrogens with zero attached hydrogens (tertiary/aromatic N) is 5. The summed E-state index contributed by atoms with van der Waals surface area (Å²) in [5.74, 6) is 0.0247. The van der Waals surface area contributed by atoms with Crippen molar-refractivity contribution in [2.45, 2.75) is 13.3 Å². The zero-order valence-corrected chi connectivity index (χ0v) is 15.8. The van der Waals surface area contributed by atoms with Crippen molar-refractivity contribution >= 4 is 17.5 Å². The third-order valence-electron chi connectivity index (χ3n) is 4.91. The molecule has 2 amide bonds. The Hall–Kier alpha value is -2.96. The second kappa shape index (κ2) is 8.62. The average molecular weight is 367 g/mol. The Kier molecular flexibility index (Phi) is 6.01. The van der Waals surface area contributed by atoms with E-state index in [9.17, 15) is 9.59 Å². The largest absolute Gasteiger partial charge is 0.373 e. The first kappa shape index (κ1) is 18.8. The van der Waals surface area contributed by atoms with E-state index in [0.717, 1.165) is 18.7 Å². The lowest BCUT2D eigenvalue weighted by atomic mass is 10.1. The molecule has 1 aliphatic rings. The molecule has 0 unspecified atom stereocenters. The predicted molar refractivity (Wildman–Crippen MR) is 104 cm³/mol. The summed E-state index contributed by atoms with van der Waals surface area (Å²) in [6, 6.07) is 5.90. The Morgan fingerprint density at radius 3 is 2.37 bits per heavy atom. The molecule has 7 heteroatoms. The Bertz CT molecular complexity index is 788. The van der Waals surface area contributed by atoms with Crippen molar-refractivity contribution in [3.8, 4) is 0 Å². The molecule has 0 N–H and O–H groups in total. The maximum atomic E-state index is 12.8. The maximum Gasteiger partial charge on any atom is 0.255 e. The highest BCUT2D eigenvalue weighted by atomic mass is 16.2. The zero-order chi connectivity index (χ0) is 19.2. The fourth-order valence-corrected chi connectivity index (χ4v) is 3.14. The van der Waals surface area contributed by atoms with Crippen LogP contribution in [0.3, 0.4) is 0 Å². The number of likely N-dealkylation sites (N-methyl/N-ethyl adjacent to an activating group) is 1. The first-order valence-electron chi connectivity index (χ1n) is 9.14. The normalized spacial score (nSPS) is 14.1. The molecule has 0 bridgehead atoms. The quantitative estimate of drug-likeness (QED) is 0.800. The number of carbonyl (C=O) groups is 2. The minimum absolute atomic E-state index is 0.0323. The Morgan fingerprint density at radius 1 is 1.04 bits per heavy atom. The highest BCUT2D eigenvalue weighted by Gasteiger charge is 2.23. The molecule has 3 rings (SSSR count). The van der Waals surface area contributed by atoms with Crippen molar-refractivity contribution < 1.29 is 9.59 Å². The van der Waals surface area contributed by atoms with E-state index in [1.165, 1.54) is 5.56 Å². The molecule has 0 aromatic carbocycles. The summed E-state index contributed by atoms with van der Waals surface area (Å²) in [4.78, 5) is 38.2. The number of aromatic nitrogens is 2. The van der Waals surface area contributed by atoms with Crippen molar-refractivity contribution in [1.29, 1.82) is 0 Å². The summed E-state index contributed by atoms with van der Waals surface area (Å²) in [6.07, 6.45) is 7.87. The summed E-state index contributed by atoms with van der Waals surface area (Å²) in [5.41, 5.74) is 2.72. The second-order valence-corrected chi connectivity index (χ2v) is 6.76. The number of piperazine rings is 1. The molecule has 27 heavy (non-hydrogen) atoms. The molecule has 0 aliphatic carbocycles. The van der Waals surface area contributed by atoms with Gasteiger partial charge in [0.1, 0.15) is 0 Å². The van der Waals surface area contributed by atoms with Crippen LogP contribution >= 0.6 is 0 Å². The molecule has 3 heterocycles. The van der Waals surface area contributed by atoms with Gasteiger partial charge in [-0.05, 0) is 30.2 Å². The maximum absolute atomic E-state index is 12.8. The molecule has 2 aromatic rings. The molecular formula is C20H25N5O2. The van der Waals surface area contributed by atoms with Crippen LogP contribution in [0.5, 0.6) is 0 Å². The molecular weight excluding hydrogens is 342 g/mol. The number of carbonyl (C=O) groups excluding carboxylic acids is 2. The number of rotatable bonds is 5. The van der Waals surface area contributed by atoms with Gasteiger partial charge in [0.15, 0.2) is 0 Å². The van der Waals surface area contributed by atoms with Gasteiger partial charge in [-0.1, -0.05) is 0 Å². The van der Waals surface area contributed by atoms with Crippen LogP contribution in [-0.2, 0) is 11.2 Å². The lowest BCUT2D eigenvalue weighted by molar-refractivity contribution is -0.130. The molecule has 1 saturated heterocycles. The van der Waals surface area contributed by atoms with Gasteiger partial charge in [0.2, 0.25) is 5.91 Å². The van der Waals surface area contributed by atoms with E-state index in [4.69, 9.17) is 0 Å². The molecule has 142 valence electrons. The molecule has 1 aliphatic heterocycles. The van der Waals surface area contributed by atoms with E-state index in [-0.39, 0.29) is 11.8 Å². The molecule has 2 aromatic heterocycles. The van der Waals surface area contributed by atoms with E-state index in [0.29, 0.717) is 31.7 Å². The fourth-order valence-electron chi connectivity index (χ4n) is 3.14. The summed E-state index contributed by atoms with van der Waals surface area (Å²) in [6.45, 7) is 4.66. The van der Waals surface area contributed by atoms with Crippen molar-refractivity contribution in [3.63, 3.8) is 0 Å². The van der Waals surface area contributed by atoms with E-state index in [1.807, 2.05) is 25.2 Å². The minimum Gasteiger partial charge on any atom is -0.373 e. The van der Waals surface area contributed by atoms with E-state index >= 15 is 0 Å². The van der Waals surface area contributed by atoms with Crippen LogP contribution in [0.2, 0.25) is 0 Å². The highest BCUT2D eigenvalue weighted by Crippen LogP contribution is 2.16. The zero-order valence-electron chi connectivity index (χ0n) is 15.8. The standard InChI is InChI=1S/C20H25N5O2/c1-16(26)24-9-11-25(12-10-24)20(27)18-13-19(15-22-14-18)23(2)8-5-17-3-6-21-7-4-17/h3-4,6-7,13-15H,5,8-12H2,1-2H3. The summed E-state index contributed by atoms with van der Waals surface area (Å²) < 4.78 is 0. The van der Waals surface area contributed by atoms with Gasteiger partial charge in [0.25, 0.3) is 5.91 Å². The van der Waals surface area contributed by atoms with E-state index < -0.39 is 0 Å². The van der Waals surface area contributed by atoms with Crippen molar-refractivity contribution in [2.75, 3.05) is 44.7 Å². The van der Waals surface area contributed by atoms with Gasteiger partial charge < -0.3 is 14.7 Å². The van der Waals surface area contributed by atoms with Gasteiger partial charge in [0, 0.05) is 65.3 Å². The van der Waals surface area contributed by atoms with Gasteiger partial charge >= 0.3 is 0 Å². The van der Waals surface area contributed by atoms with Crippen LogP contribution < -0.4 is 4.90 Å². The Morgan fingerprint density at radius 2 is 1.70 bits per heavy atom. The van der Waals surface area contributed by atoms with Crippen molar-refractivity contribution in [1.82, 2.24) is 19.8 Å². The number of anilines is 1. The third-order valence-corrected chi connectivity index (χ3v) is 4.91. The SMILES string of the molecule is CC(=O)N1CCN(C(=O)c2cncc(N(C)CCc3ccncc3)c2)CC1. The van der Waals surface area contributed by atoms with Crippen LogP contribution in [-0.4, -0.2) is 71.4 Å². The second-order valence-electron chi connectivity index (χ2n) is 6.76. The van der Waals surface area contributed by atoms with Gasteiger partial charge in [0.05, 0.1) is 17.4 Å². The molecule has 0 spiro atoms. The third kappa shape index (κ3) is 4.81. The topological polar surface area (TPSA) is 69.6 Å². The number of hydrogen-bond donors (Lipinski definition) is 0. The summed E-state index contributed by atoms with van der Waals surface area (Å²) in [5, 5.41) is 0. The Balaban J connectivity index is 1.61. The van der Waals surface area contributed by atoms with Gasteiger partial charge in [-0.15, -0.1) is 0 Å². The predicted octanol–water partition coefficient (Wildman–Crippen LogP) is 1.46. The molecule has 0 radical (unpaired) electrons. The minimum atomic E-state index is -0.0323. The lowest BCUT2D eigenvalue weighted by Crippen LogP contribution is -2.50.